The molecule has 2 aromatic carbocycles. The van der Waals surface area contributed by atoms with Gasteiger partial charge in [0.15, 0.2) is 0 Å². The van der Waals surface area contributed by atoms with Gasteiger partial charge < -0.3 is 25.0 Å². The molecular weight excluding hydrogens is 852 g/mol. The smallest absolute Gasteiger partial charge is 0.408 e. The van der Waals surface area contributed by atoms with E-state index >= 15 is 0 Å². The molecular formula is C44H55FN8O8S2. The van der Waals surface area contributed by atoms with Crippen LogP contribution in [-0.4, -0.2) is 106 Å². The Morgan fingerprint density at radius 3 is 2.51 bits per heavy atom. The lowest BCUT2D eigenvalue weighted by Crippen LogP contribution is -2.58. The number of allylic oxidation sites excluding steroid dienone is 1. The van der Waals surface area contributed by atoms with Crippen molar-refractivity contribution in [1.82, 2.24) is 39.1 Å². The number of amides is 4. The molecule has 2 aliphatic heterocycles. The molecule has 4 heterocycles. The van der Waals surface area contributed by atoms with Crippen LogP contribution < -0.4 is 20.1 Å². The van der Waals surface area contributed by atoms with Crippen molar-refractivity contribution in [3.8, 4) is 27.8 Å². The van der Waals surface area contributed by atoms with Gasteiger partial charge in [0.25, 0.3) is 11.9 Å². The van der Waals surface area contributed by atoms with Crippen LogP contribution in [0.15, 0.2) is 60.0 Å². The number of halogens is 1. The first kappa shape index (κ1) is 45.6. The molecule has 0 spiro atoms. The molecule has 19 heteroatoms. The molecule has 4 amide bonds. The highest BCUT2D eigenvalue weighted by Gasteiger charge is 2.62. The van der Waals surface area contributed by atoms with Gasteiger partial charge in [0.05, 0.1) is 17.8 Å². The number of rotatable bonds is 9. The fraction of sp³-hybridized carbons (Fsp3) is 0.500. The van der Waals surface area contributed by atoms with Crippen molar-refractivity contribution < 1.29 is 41.5 Å². The fourth-order valence-corrected chi connectivity index (χ4v) is 9.55. The van der Waals surface area contributed by atoms with E-state index in [-0.39, 0.29) is 43.7 Å². The van der Waals surface area contributed by atoms with Crippen LogP contribution in [-0.2, 0) is 29.3 Å². The summed E-state index contributed by atoms with van der Waals surface area (Å²) in [7, 11) is -1.63. The fourth-order valence-electron chi connectivity index (χ4n) is 8.10. The molecule has 63 heavy (non-hydrogen) atoms. The van der Waals surface area contributed by atoms with Crippen molar-refractivity contribution in [2.45, 2.75) is 115 Å². The van der Waals surface area contributed by atoms with E-state index < -0.39 is 69.3 Å². The zero-order valence-corrected chi connectivity index (χ0v) is 38.1. The number of carbonyl (C=O) groups excluding carboxylic acids is 4. The van der Waals surface area contributed by atoms with Gasteiger partial charge in [-0.05, 0) is 84.6 Å². The van der Waals surface area contributed by atoms with Crippen molar-refractivity contribution >= 4 is 56.4 Å². The minimum absolute atomic E-state index is 0.0163. The van der Waals surface area contributed by atoms with Gasteiger partial charge in [0, 0.05) is 49.0 Å². The molecule has 2 aromatic heterocycles. The SMILES string of the molecule is CC(C)n1c(O[C@@H]2C[C@H]3C(=O)N[C@]4(C(=O)NS(=O)(=O)N(C)C)C[C@H]4/C=C\CCCCC[C@H](NC(=O)OC(C)(C)C)C(=O)N3C2)nc2c(-c3nc(-c4ccccc4F)cs3)cccc21. The van der Waals surface area contributed by atoms with Gasteiger partial charge in [-0.25, -0.2) is 18.9 Å². The van der Waals surface area contributed by atoms with Gasteiger partial charge in [0.2, 0.25) is 11.8 Å². The maximum absolute atomic E-state index is 14.7. The number of carbonyl (C=O) groups is 4. The number of fused-ring (bicyclic) bond motifs is 3. The van der Waals surface area contributed by atoms with Crippen LogP contribution in [0, 0.1) is 11.7 Å². The first-order valence-corrected chi connectivity index (χ1v) is 23.5. The van der Waals surface area contributed by atoms with Gasteiger partial charge >= 0.3 is 16.3 Å². The zero-order chi connectivity index (χ0) is 45.4. The topological polar surface area (TPSA) is 194 Å². The number of thiazole rings is 1. The van der Waals surface area contributed by atoms with Gasteiger partial charge in [-0.15, -0.1) is 11.3 Å². The standard InChI is InChI=1S/C44H55FN8O8S2/c1-26(2)53-34-21-15-18-30(38-46-33(25-62-38)29-17-13-14-19-31(29)45)36(34)48-41(53)60-28-22-35-37(54)49-44(40(56)50-63(58,59)51(6)7)23-27(44)16-11-9-8-10-12-20-32(39(55)52(35)24-28)47-42(57)61-43(3,4)5/h11,13-19,21,25-28,32,35H,8-10,12,20,22-24H2,1-7H3,(H,47,57)(H,49,54)(H,50,56)/b16-11-/t27-,28-,32+,35+,44-/m1/s1. The quantitative estimate of drug-likeness (QED) is 0.165. The Bertz CT molecular complexity index is 2530. The Labute approximate surface area is 370 Å². The Balaban J connectivity index is 1.23. The van der Waals surface area contributed by atoms with Crippen molar-refractivity contribution in [2.75, 3.05) is 20.6 Å². The van der Waals surface area contributed by atoms with Crippen LogP contribution in [0.4, 0.5) is 9.18 Å². The summed E-state index contributed by atoms with van der Waals surface area (Å²) in [6.07, 6.45) is 5.32. The predicted octanol–water partition coefficient (Wildman–Crippen LogP) is 6.11. The van der Waals surface area contributed by atoms with Gasteiger partial charge in [-0.1, -0.05) is 43.2 Å². The summed E-state index contributed by atoms with van der Waals surface area (Å²) in [5, 5.41) is 8.03. The van der Waals surface area contributed by atoms with Crippen molar-refractivity contribution in [3.05, 3.63) is 65.8 Å². The average molecular weight is 907 g/mol. The third-order valence-electron chi connectivity index (χ3n) is 11.4. The molecule has 7 rings (SSSR count). The van der Waals surface area contributed by atoms with Crippen LogP contribution in [0.5, 0.6) is 6.01 Å². The molecule has 0 radical (unpaired) electrons. The van der Waals surface area contributed by atoms with E-state index in [4.69, 9.17) is 19.4 Å². The van der Waals surface area contributed by atoms with E-state index in [0.29, 0.717) is 40.2 Å². The lowest BCUT2D eigenvalue weighted by molar-refractivity contribution is -0.141. The number of para-hydroxylation sites is 1. The van der Waals surface area contributed by atoms with E-state index in [9.17, 15) is 32.0 Å². The Hall–Kier alpha value is -5.40. The second-order valence-electron chi connectivity index (χ2n) is 17.8. The number of ether oxygens (including phenoxy) is 2. The summed E-state index contributed by atoms with van der Waals surface area (Å²) >= 11 is 1.36. The summed E-state index contributed by atoms with van der Waals surface area (Å²) in [5.74, 6) is -2.98. The molecule has 1 aliphatic carbocycles. The monoisotopic (exact) mass is 906 g/mol. The van der Waals surface area contributed by atoms with Crippen LogP contribution in [0.1, 0.15) is 85.6 Å². The second kappa shape index (κ2) is 18.0. The van der Waals surface area contributed by atoms with Crippen molar-refractivity contribution in [1.29, 1.82) is 0 Å². The number of hydrogen-bond donors (Lipinski definition) is 3. The Morgan fingerprint density at radius 1 is 1.05 bits per heavy atom. The third kappa shape index (κ3) is 9.89. The lowest BCUT2D eigenvalue weighted by atomic mass is 10.0. The molecule has 5 atom stereocenters. The summed E-state index contributed by atoms with van der Waals surface area (Å²) < 4.78 is 57.5. The minimum atomic E-state index is -4.21. The molecule has 1 saturated carbocycles. The first-order valence-electron chi connectivity index (χ1n) is 21.2. The molecule has 0 unspecified atom stereocenters. The van der Waals surface area contributed by atoms with Crippen LogP contribution in [0.3, 0.4) is 0 Å². The summed E-state index contributed by atoms with van der Waals surface area (Å²) in [6.45, 7) is 9.03. The van der Waals surface area contributed by atoms with Crippen LogP contribution in [0.2, 0.25) is 0 Å². The van der Waals surface area contributed by atoms with E-state index in [1.54, 1.807) is 44.4 Å². The van der Waals surface area contributed by atoms with Crippen LogP contribution >= 0.6 is 11.3 Å². The van der Waals surface area contributed by atoms with Crippen molar-refractivity contribution in [3.63, 3.8) is 0 Å². The number of alkyl carbamates (subject to hydrolysis) is 1. The molecule has 4 aromatic rings. The maximum atomic E-state index is 14.7. The molecule has 3 N–H and O–H groups in total. The number of benzene rings is 2. The molecule has 0 bridgehead atoms. The Kier molecular flexibility index (Phi) is 13.0. The molecule has 16 nitrogen and oxygen atoms in total. The van der Waals surface area contributed by atoms with E-state index in [0.717, 1.165) is 22.7 Å². The summed E-state index contributed by atoms with van der Waals surface area (Å²) in [4.78, 5) is 67.4. The van der Waals surface area contributed by atoms with Crippen molar-refractivity contribution in [2.24, 2.45) is 5.92 Å². The average Bonchev–Trinajstić information content (AvgIpc) is 3.55. The van der Waals surface area contributed by atoms with Gasteiger partial charge in [-0.3, -0.25) is 19.0 Å². The second-order valence-corrected chi connectivity index (χ2v) is 20.5. The van der Waals surface area contributed by atoms with Crippen LogP contribution in [0.25, 0.3) is 32.9 Å². The Morgan fingerprint density at radius 2 is 1.79 bits per heavy atom. The largest absolute Gasteiger partial charge is 0.459 e. The summed E-state index contributed by atoms with van der Waals surface area (Å²) in [6, 6.07) is 9.97. The number of nitrogens with one attached hydrogen (secondary N) is 3. The highest BCUT2D eigenvalue weighted by Crippen LogP contribution is 2.46. The van der Waals surface area contributed by atoms with E-state index in [2.05, 4.69) is 15.4 Å². The van der Waals surface area contributed by atoms with Gasteiger partial charge in [-0.2, -0.15) is 17.7 Å². The molecule has 2 fully saturated rings. The predicted molar refractivity (Wildman–Crippen MR) is 236 cm³/mol. The maximum Gasteiger partial charge on any atom is 0.408 e. The number of imidazole rings is 1. The lowest BCUT2D eigenvalue weighted by Gasteiger charge is -2.30. The highest BCUT2D eigenvalue weighted by molar-refractivity contribution is 7.87. The number of aromatic nitrogens is 3. The first-order chi connectivity index (χ1) is 29.8. The number of nitrogens with zero attached hydrogens (tertiary/aromatic N) is 5. The molecule has 1 saturated heterocycles. The van der Waals surface area contributed by atoms with E-state index in [1.807, 2.05) is 48.8 Å². The molecule has 338 valence electrons. The normalized spacial score (nSPS) is 23.9. The minimum Gasteiger partial charge on any atom is -0.459 e. The zero-order valence-electron chi connectivity index (χ0n) is 36.5. The number of hydrogen-bond acceptors (Lipinski definition) is 11. The molecule has 3 aliphatic rings. The highest BCUT2D eigenvalue weighted by atomic mass is 32.2. The van der Waals surface area contributed by atoms with Gasteiger partial charge in [0.1, 0.15) is 45.7 Å². The van der Waals surface area contributed by atoms with E-state index in [1.165, 1.54) is 36.4 Å². The third-order valence-corrected chi connectivity index (χ3v) is 13.7. The summed E-state index contributed by atoms with van der Waals surface area (Å²) in [5.41, 5.74) is 0.490.